The van der Waals surface area contributed by atoms with Crippen LogP contribution in [0.1, 0.15) is 48.7 Å². The quantitative estimate of drug-likeness (QED) is 0.724. The molecule has 17 heavy (non-hydrogen) atoms. The summed E-state index contributed by atoms with van der Waals surface area (Å²) in [6, 6.07) is 8.08. The van der Waals surface area contributed by atoms with E-state index in [1.165, 1.54) is 0 Å². The van der Waals surface area contributed by atoms with Gasteiger partial charge in [0.2, 0.25) is 0 Å². The van der Waals surface area contributed by atoms with E-state index in [4.69, 9.17) is 5.26 Å². The second-order valence-electron chi connectivity index (χ2n) is 4.52. The van der Waals surface area contributed by atoms with E-state index in [0.29, 0.717) is 6.42 Å². The standard InChI is InChI=1S/C15H19NO/c1-4-13-10-12(6-5-9-16)7-8-14(13)15(17)11(2)3/h7-8,10-11H,4-6H2,1-3H3. The van der Waals surface area contributed by atoms with Gasteiger partial charge in [0.1, 0.15) is 0 Å². The van der Waals surface area contributed by atoms with Crippen molar-refractivity contribution in [3.8, 4) is 6.07 Å². The first kappa shape index (κ1) is 13.4. The molecule has 0 spiro atoms. The third kappa shape index (κ3) is 3.42. The average Bonchev–Trinajstić information content (AvgIpc) is 2.34. The number of Topliss-reactive ketones (excluding diaryl/α,β-unsaturated/α-hetero) is 1. The van der Waals surface area contributed by atoms with Gasteiger partial charge in [-0.1, -0.05) is 39.0 Å². The lowest BCUT2D eigenvalue weighted by molar-refractivity contribution is 0.0938. The van der Waals surface area contributed by atoms with Crippen LogP contribution in [0.25, 0.3) is 0 Å². The molecule has 2 nitrogen and oxygen atoms in total. The van der Waals surface area contributed by atoms with Gasteiger partial charge in [-0.05, 0) is 24.0 Å². The van der Waals surface area contributed by atoms with E-state index >= 15 is 0 Å². The smallest absolute Gasteiger partial charge is 0.165 e. The maximum absolute atomic E-state index is 12.0. The Kier molecular flexibility index (Phi) is 4.90. The van der Waals surface area contributed by atoms with Gasteiger partial charge in [0, 0.05) is 17.9 Å². The summed E-state index contributed by atoms with van der Waals surface area (Å²) in [5, 5.41) is 8.57. The van der Waals surface area contributed by atoms with Gasteiger partial charge in [-0.15, -0.1) is 0 Å². The zero-order valence-corrected chi connectivity index (χ0v) is 10.8. The van der Waals surface area contributed by atoms with Gasteiger partial charge < -0.3 is 0 Å². The van der Waals surface area contributed by atoms with Crippen molar-refractivity contribution in [3.05, 3.63) is 34.9 Å². The Morgan fingerprint density at radius 3 is 2.65 bits per heavy atom. The first-order valence-electron chi connectivity index (χ1n) is 6.13. The van der Waals surface area contributed by atoms with Crippen molar-refractivity contribution in [1.29, 1.82) is 5.26 Å². The van der Waals surface area contributed by atoms with Crippen molar-refractivity contribution in [2.45, 2.75) is 40.0 Å². The molecule has 0 aliphatic rings. The predicted octanol–water partition coefficient (Wildman–Crippen LogP) is 3.54. The minimum absolute atomic E-state index is 0.0326. The Hall–Kier alpha value is -1.62. The second-order valence-corrected chi connectivity index (χ2v) is 4.52. The Bertz CT molecular complexity index is 441. The molecule has 0 N–H and O–H groups in total. The lowest BCUT2D eigenvalue weighted by Gasteiger charge is -2.11. The van der Waals surface area contributed by atoms with Crippen LogP contribution in [0.5, 0.6) is 0 Å². The summed E-state index contributed by atoms with van der Waals surface area (Å²) in [4.78, 5) is 12.0. The number of ketones is 1. The normalized spacial score (nSPS) is 10.3. The minimum Gasteiger partial charge on any atom is -0.294 e. The summed E-state index contributed by atoms with van der Waals surface area (Å²) in [7, 11) is 0. The van der Waals surface area contributed by atoms with E-state index in [9.17, 15) is 4.79 Å². The van der Waals surface area contributed by atoms with Crippen LogP contribution in [-0.2, 0) is 12.8 Å². The highest BCUT2D eigenvalue weighted by Gasteiger charge is 2.14. The van der Waals surface area contributed by atoms with Crippen molar-refractivity contribution >= 4 is 5.78 Å². The number of carbonyl (C=O) groups excluding carboxylic acids is 1. The molecule has 0 fully saturated rings. The number of hydrogen-bond donors (Lipinski definition) is 0. The van der Waals surface area contributed by atoms with Crippen LogP contribution < -0.4 is 0 Å². The van der Waals surface area contributed by atoms with Crippen molar-refractivity contribution in [3.63, 3.8) is 0 Å². The number of aryl methyl sites for hydroxylation is 2. The highest BCUT2D eigenvalue weighted by Crippen LogP contribution is 2.18. The number of nitrogens with zero attached hydrogens (tertiary/aromatic N) is 1. The van der Waals surface area contributed by atoms with Crippen LogP contribution in [0.15, 0.2) is 18.2 Å². The number of carbonyl (C=O) groups is 1. The molecule has 0 aromatic heterocycles. The summed E-state index contributed by atoms with van der Waals surface area (Å²) in [6.45, 7) is 5.90. The van der Waals surface area contributed by atoms with E-state index in [1.807, 2.05) is 26.0 Å². The van der Waals surface area contributed by atoms with Gasteiger partial charge in [-0.25, -0.2) is 0 Å². The molecular weight excluding hydrogens is 210 g/mol. The van der Waals surface area contributed by atoms with E-state index < -0.39 is 0 Å². The van der Waals surface area contributed by atoms with Gasteiger partial charge in [0.05, 0.1) is 6.07 Å². The first-order chi connectivity index (χ1) is 8.10. The van der Waals surface area contributed by atoms with Crippen LogP contribution in [0, 0.1) is 17.2 Å². The molecule has 0 atom stereocenters. The van der Waals surface area contributed by atoms with Gasteiger partial charge in [0.15, 0.2) is 5.78 Å². The molecule has 0 unspecified atom stereocenters. The van der Waals surface area contributed by atoms with Crippen molar-refractivity contribution < 1.29 is 4.79 Å². The molecule has 1 aromatic rings. The molecule has 90 valence electrons. The molecule has 1 aromatic carbocycles. The topological polar surface area (TPSA) is 40.9 Å². The highest BCUT2D eigenvalue weighted by molar-refractivity contribution is 5.98. The van der Waals surface area contributed by atoms with E-state index in [2.05, 4.69) is 19.1 Å². The Balaban J connectivity index is 3.02. The first-order valence-corrected chi connectivity index (χ1v) is 6.13. The van der Waals surface area contributed by atoms with E-state index in [0.717, 1.165) is 29.5 Å². The average molecular weight is 229 g/mol. The lowest BCUT2D eigenvalue weighted by Crippen LogP contribution is -2.10. The van der Waals surface area contributed by atoms with Crippen LogP contribution in [0.4, 0.5) is 0 Å². The Morgan fingerprint density at radius 1 is 1.41 bits per heavy atom. The van der Waals surface area contributed by atoms with Crippen molar-refractivity contribution in [2.24, 2.45) is 5.92 Å². The van der Waals surface area contributed by atoms with Crippen LogP contribution in [0.2, 0.25) is 0 Å². The minimum atomic E-state index is 0.0326. The maximum atomic E-state index is 12.0. The fourth-order valence-electron chi connectivity index (χ4n) is 1.85. The number of benzene rings is 1. The van der Waals surface area contributed by atoms with Gasteiger partial charge in [0.25, 0.3) is 0 Å². The number of rotatable bonds is 5. The van der Waals surface area contributed by atoms with E-state index in [-0.39, 0.29) is 11.7 Å². The molecule has 0 heterocycles. The third-order valence-electron chi connectivity index (χ3n) is 2.87. The fraction of sp³-hybridized carbons (Fsp3) is 0.467. The van der Waals surface area contributed by atoms with Crippen molar-refractivity contribution in [1.82, 2.24) is 0 Å². The number of hydrogen-bond acceptors (Lipinski definition) is 2. The van der Waals surface area contributed by atoms with Crippen LogP contribution in [-0.4, -0.2) is 5.78 Å². The molecule has 0 bridgehead atoms. The Morgan fingerprint density at radius 2 is 2.12 bits per heavy atom. The van der Waals surface area contributed by atoms with Gasteiger partial charge in [-0.3, -0.25) is 4.79 Å². The molecule has 0 amide bonds. The second kappa shape index (κ2) is 6.20. The molecular formula is C15H19NO. The van der Waals surface area contributed by atoms with Crippen LogP contribution >= 0.6 is 0 Å². The zero-order chi connectivity index (χ0) is 12.8. The van der Waals surface area contributed by atoms with Gasteiger partial charge in [-0.2, -0.15) is 5.26 Å². The van der Waals surface area contributed by atoms with E-state index in [1.54, 1.807) is 0 Å². The van der Waals surface area contributed by atoms with Gasteiger partial charge >= 0.3 is 0 Å². The SMILES string of the molecule is CCc1cc(CCC#N)ccc1C(=O)C(C)C. The summed E-state index contributed by atoms with van der Waals surface area (Å²) >= 11 is 0. The maximum Gasteiger partial charge on any atom is 0.165 e. The monoisotopic (exact) mass is 229 g/mol. The molecule has 2 heteroatoms. The largest absolute Gasteiger partial charge is 0.294 e. The Labute approximate surface area is 103 Å². The molecule has 0 saturated carbocycles. The molecule has 0 saturated heterocycles. The molecule has 1 rings (SSSR count). The highest BCUT2D eigenvalue weighted by atomic mass is 16.1. The lowest BCUT2D eigenvalue weighted by atomic mass is 9.93. The fourth-order valence-corrected chi connectivity index (χ4v) is 1.85. The summed E-state index contributed by atoms with van der Waals surface area (Å²) in [5.74, 6) is 0.235. The number of nitriles is 1. The molecule has 0 aliphatic heterocycles. The summed E-state index contributed by atoms with van der Waals surface area (Å²) < 4.78 is 0. The predicted molar refractivity (Wildman–Crippen MR) is 68.9 cm³/mol. The zero-order valence-electron chi connectivity index (χ0n) is 10.8. The van der Waals surface area contributed by atoms with Crippen LogP contribution in [0.3, 0.4) is 0 Å². The molecule has 0 radical (unpaired) electrons. The summed E-state index contributed by atoms with van der Waals surface area (Å²) in [5.41, 5.74) is 3.08. The summed E-state index contributed by atoms with van der Waals surface area (Å²) in [6.07, 6.45) is 2.15. The third-order valence-corrected chi connectivity index (χ3v) is 2.87. The molecule has 0 aliphatic carbocycles. The van der Waals surface area contributed by atoms with Crippen molar-refractivity contribution in [2.75, 3.05) is 0 Å².